The molecule has 0 aromatic heterocycles. The Bertz CT molecular complexity index is 783. The highest BCUT2D eigenvalue weighted by atomic mass is 16.3. The van der Waals surface area contributed by atoms with E-state index in [0.29, 0.717) is 0 Å². The minimum Gasteiger partial charge on any atom is -0.507 e. The van der Waals surface area contributed by atoms with Gasteiger partial charge in [0.25, 0.3) is 0 Å². The summed E-state index contributed by atoms with van der Waals surface area (Å²) in [5.41, 5.74) is 2.49. The number of nitrogens with zero attached hydrogens (tertiary/aromatic N) is 2. The molecule has 1 fully saturated rings. The Hall–Kier alpha value is -2.62. The minimum atomic E-state index is 0.108. The maximum atomic E-state index is 10.0. The van der Waals surface area contributed by atoms with Crippen LogP contribution in [0.5, 0.6) is 11.5 Å². The zero-order valence-electron chi connectivity index (χ0n) is 14.5. The van der Waals surface area contributed by atoms with Crippen LogP contribution < -0.4 is 0 Å². The van der Waals surface area contributed by atoms with Crippen LogP contribution in [0.25, 0.3) is 0 Å². The van der Waals surface area contributed by atoms with Crippen molar-refractivity contribution in [1.29, 1.82) is 0 Å². The highest BCUT2D eigenvalue weighted by molar-refractivity contribution is 5.84. The van der Waals surface area contributed by atoms with Gasteiger partial charge in [0.05, 0.1) is 12.1 Å². The molecule has 1 aliphatic rings. The van der Waals surface area contributed by atoms with E-state index in [1.165, 1.54) is 0 Å². The van der Waals surface area contributed by atoms with Crippen molar-refractivity contribution in [2.45, 2.75) is 44.7 Å². The second-order valence-electron chi connectivity index (χ2n) is 6.60. The number of benzene rings is 2. The van der Waals surface area contributed by atoms with Gasteiger partial charge in [-0.3, -0.25) is 9.98 Å². The predicted octanol–water partition coefficient (Wildman–Crippen LogP) is 4.26. The first-order valence-corrected chi connectivity index (χ1v) is 8.77. The standard InChI is InChI=1S/C21H24N2O2/c1-15-10-11-17(21(25)12-15)14-23-19-8-4-3-7-18(19)22-13-16-6-2-5-9-20(16)24/h2,5-6,9-14,18-19,24-25H,3-4,7-8H2,1H3/t18-,19-/m0/s1. The molecule has 0 radical (unpaired) electrons. The Morgan fingerprint density at radius 2 is 1.44 bits per heavy atom. The summed E-state index contributed by atoms with van der Waals surface area (Å²) in [4.78, 5) is 9.38. The molecule has 0 heterocycles. The van der Waals surface area contributed by atoms with E-state index >= 15 is 0 Å². The lowest BCUT2D eigenvalue weighted by atomic mass is 9.91. The van der Waals surface area contributed by atoms with Crippen LogP contribution in [0.3, 0.4) is 0 Å². The van der Waals surface area contributed by atoms with Gasteiger partial charge in [-0.25, -0.2) is 0 Å². The molecule has 0 saturated heterocycles. The van der Waals surface area contributed by atoms with Gasteiger partial charge in [-0.15, -0.1) is 0 Å². The summed E-state index contributed by atoms with van der Waals surface area (Å²) in [6, 6.07) is 13.0. The fourth-order valence-electron chi connectivity index (χ4n) is 3.15. The fraction of sp³-hybridized carbons (Fsp3) is 0.333. The number of aromatic hydroxyl groups is 2. The summed E-state index contributed by atoms with van der Waals surface area (Å²) in [6.45, 7) is 1.95. The van der Waals surface area contributed by atoms with E-state index in [4.69, 9.17) is 4.99 Å². The Balaban J connectivity index is 1.74. The Labute approximate surface area is 148 Å². The van der Waals surface area contributed by atoms with Gasteiger partial charge in [0.1, 0.15) is 11.5 Å². The van der Waals surface area contributed by atoms with Gasteiger partial charge in [-0.1, -0.05) is 31.0 Å². The molecule has 3 rings (SSSR count). The molecule has 2 aromatic carbocycles. The zero-order valence-corrected chi connectivity index (χ0v) is 14.5. The summed E-state index contributed by atoms with van der Waals surface area (Å²) in [6.07, 6.45) is 7.78. The van der Waals surface area contributed by atoms with Crippen molar-refractivity contribution in [1.82, 2.24) is 0 Å². The Morgan fingerprint density at radius 1 is 0.840 bits per heavy atom. The number of aryl methyl sites for hydroxylation is 1. The van der Waals surface area contributed by atoms with Crippen LogP contribution in [-0.2, 0) is 0 Å². The maximum Gasteiger partial charge on any atom is 0.124 e. The SMILES string of the molecule is Cc1ccc(C=N[C@H]2CCCC[C@@H]2N=Cc2ccccc2O)c(O)c1. The van der Waals surface area contributed by atoms with Crippen LogP contribution in [0.15, 0.2) is 52.4 Å². The highest BCUT2D eigenvalue weighted by Gasteiger charge is 2.23. The molecule has 25 heavy (non-hydrogen) atoms. The number of aliphatic imine (C=N–C) groups is 2. The van der Waals surface area contributed by atoms with Gasteiger partial charge in [-0.2, -0.15) is 0 Å². The quantitative estimate of drug-likeness (QED) is 0.820. The van der Waals surface area contributed by atoms with Crippen LogP contribution in [0.4, 0.5) is 0 Å². The number of phenolic OH excluding ortho intramolecular Hbond substituents is 2. The molecule has 1 saturated carbocycles. The molecule has 0 bridgehead atoms. The van der Waals surface area contributed by atoms with Crippen LogP contribution in [0, 0.1) is 6.92 Å². The monoisotopic (exact) mass is 336 g/mol. The van der Waals surface area contributed by atoms with Crippen LogP contribution in [-0.4, -0.2) is 34.7 Å². The first kappa shape index (κ1) is 17.2. The van der Waals surface area contributed by atoms with Crippen molar-refractivity contribution in [2.24, 2.45) is 9.98 Å². The summed E-state index contributed by atoms with van der Waals surface area (Å²) in [5, 5.41) is 19.9. The third-order valence-corrected chi connectivity index (χ3v) is 4.63. The van der Waals surface area contributed by atoms with Crippen LogP contribution in [0.2, 0.25) is 0 Å². The van der Waals surface area contributed by atoms with Crippen molar-refractivity contribution >= 4 is 12.4 Å². The molecule has 2 aromatic rings. The van der Waals surface area contributed by atoms with E-state index in [1.807, 2.05) is 31.2 Å². The van der Waals surface area contributed by atoms with Gasteiger partial charge < -0.3 is 10.2 Å². The molecule has 0 aliphatic heterocycles. The van der Waals surface area contributed by atoms with E-state index in [-0.39, 0.29) is 23.6 Å². The third kappa shape index (κ3) is 4.47. The van der Waals surface area contributed by atoms with E-state index in [1.54, 1.807) is 30.6 Å². The number of hydrogen-bond acceptors (Lipinski definition) is 4. The second kappa shape index (κ2) is 7.97. The Morgan fingerprint density at radius 3 is 2.04 bits per heavy atom. The summed E-state index contributed by atoms with van der Waals surface area (Å²) < 4.78 is 0. The molecule has 2 N–H and O–H groups in total. The van der Waals surface area contributed by atoms with Crippen LogP contribution >= 0.6 is 0 Å². The molecule has 4 heteroatoms. The maximum absolute atomic E-state index is 10.0. The summed E-state index contributed by atoms with van der Waals surface area (Å²) in [5.74, 6) is 0.500. The molecule has 4 nitrogen and oxygen atoms in total. The third-order valence-electron chi connectivity index (χ3n) is 4.63. The summed E-state index contributed by atoms with van der Waals surface area (Å²) >= 11 is 0. The lowest BCUT2D eigenvalue weighted by Gasteiger charge is -2.25. The molecule has 0 spiro atoms. The topological polar surface area (TPSA) is 65.2 Å². The van der Waals surface area contributed by atoms with Crippen LogP contribution in [0.1, 0.15) is 42.4 Å². The molecule has 2 atom stereocenters. The average molecular weight is 336 g/mol. The summed E-state index contributed by atoms with van der Waals surface area (Å²) in [7, 11) is 0. The first-order valence-electron chi connectivity index (χ1n) is 8.77. The number of hydrogen-bond donors (Lipinski definition) is 2. The van der Waals surface area contributed by atoms with Gasteiger partial charge in [0, 0.05) is 23.6 Å². The molecular formula is C21H24N2O2. The van der Waals surface area contributed by atoms with Crippen molar-refractivity contribution in [3.8, 4) is 11.5 Å². The first-order chi connectivity index (χ1) is 12.1. The van der Waals surface area contributed by atoms with Crippen molar-refractivity contribution < 1.29 is 10.2 Å². The minimum absolute atomic E-state index is 0.108. The van der Waals surface area contributed by atoms with Gasteiger partial charge in [0.2, 0.25) is 0 Å². The van der Waals surface area contributed by atoms with Crippen molar-refractivity contribution in [2.75, 3.05) is 0 Å². The lowest BCUT2D eigenvalue weighted by Crippen LogP contribution is -2.27. The smallest absolute Gasteiger partial charge is 0.124 e. The molecule has 130 valence electrons. The van der Waals surface area contributed by atoms with E-state index in [2.05, 4.69) is 4.99 Å². The number of para-hydroxylation sites is 1. The molecular weight excluding hydrogens is 312 g/mol. The zero-order chi connectivity index (χ0) is 17.6. The van der Waals surface area contributed by atoms with E-state index in [9.17, 15) is 10.2 Å². The second-order valence-corrected chi connectivity index (χ2v) is 6.60. The predicted molar refractivity (Wildman–Crippen MR) is 102 cm³/mol. The molecule has 0 unspecified atom stereocenters. The van der Waals surface area contributed by atoms with Gasteiger partial charge >= 0.3 is 0 Å². The fourth-order valence-corrected chi connectivity index (χ4v) is 3.15. The average Bonchev–Trinajstić information content (AvgIpc) is 2.61. The van der Waals surface area contributed by atoms with Crippen molar-refractivity contribution in [3.63, 3.8) is 0 Å². The highest BCUT2D eigenvalue weighted by Crippen LogP contribution is 2.25. The molecule has 1 aliphatic carbocycles. The van der Waals surface area contributed by atoms with Crippen molar-refractivity contribution in [3.05, 3.63) is 59.2 Å². The normalized spacial score (nSPS) is 21.2. The lowest BCUT2D eigenvalue weighted by molar-refractivity contribution is 0.390. The van der Waals surface area contributed by atoms with E-state index < -0.39 is 0 Å². The van der Waals surface area contributed by atoms with Gasteiger partial charge in [-0.05, 0) is 49.6 Å². The van der Waals surface area contributed by atoms with Gasteiger partial charge in [0.15, 0.2) is 0 Å². The molecule has 0 amide bonds. The largest absolute Gasteiger partial charge is 0.507 e. The number of phenols is 2. The Kier molecular flexibility index (Phi) is 5.49. The number of rotatable bonds is 4. The van der Waals surface area contributed by atoms with E-state index in [0.717, 1.165) is 42.4 Å².